The molecule has 1 aromatic carbocycles. The van der Waals surface area contributed by atoms with E-state index in [-0.39, 0.29) is 23.3 Å². The maximum atomic E-state index is 12.3. The summed E-state index contributed by atoms with van der Waals surface area (Å²) in [5, 5.41) is 4.93. The van der Waals surface area contributed by atoms with Crippen molar-refractivity contribution < 1.29 is 23.9 Å². The first kappa shape index (κ1) is 23.5. The summed E-state index contributed by atoms with van der Waals surface area (Å²) in [6.45, 7) is 6.92. The molecule has 3 fully saturated rings. The fourth-order valence-corrected chi connectivity index (χ4v) is 4.77. The molecule has 178 valence electrons. The van der Waals surface area contributed by atoms with Gasteiger partial charge in [-0.15, -0.1) is 0 Å². The first-order valence-corrected chi connectivity index (χ1v) is 12.3. The van der Waals surface area contributed by atoms with Crippen molar-refractivity contribution in [1.82, 2.24) is 10.6 Å². The lowest BCUT2D eigenvalue weighted by molar-refractivity contribution is -0.115. The molecule has 1 aromatic rings. The molecule has 8 nitrogen and oxygen atoms in total. The minimum Gasteiger partial charge on any atom is -0.488 e. The van der Waals surface area contributed by atoms with E-state index in [9.17, 15) is 14.4 Å². The van der Waals surface area contributed by atoms with Gasteiger partial charge in [-0.05, 0) is 76.8 Å². The maximum Gasteiger partial charge on any atom is 0.407 e. The van der Waals surface area contributed by atoms with Crippen LogP contribution in [0.2, 0.25) is 0 Å². The Balaban J connectivity index is 1.60. The van der Waals surface area contributed by atoms with Crippen LogP contribution in [0.3, 0.4) is 0 Å². The topological polar surface area (TPSA) is 97.0 Å². The molecule has 0 aromatic heterocycles. The molecule has 4 rings (SSSR count). The summed E-state index contributed by atoms with van der Waals surface area (Å²) in [4.78, 5) is 38.7. The monoisotopic (exact) mass is 473 g/mol. The number of thioether (sulfide) groups is 1. The molecule has 1 atom stereocenters. The van der Waals surface area contributed by atoms with Gasteiger partial charge in [-0.3, -0.25) is 14.9 Å². The number of ether oxygens (including phenoxy) is 2. The third-order valence-corrected chi connectivity index (χ3v) is 6.57. The fourth-order valence-electron chi connectivity index (χ4n) is 4.09. The number of piperidine rings is 1. The summed E-state index contributed by atoms with van der Waals surface area (Å²) >= 11 is 0.902. The van der Waals surface area contributed by atoms with Crippen LogP contribution in [0, 0.1) is 0 Å². The molecule has 33 heavy (non-hydrogen) atoms. The number of nitrogens with one attached hydrogen (secondary N) is 2. The Morgan fingerprint density at radius 3 is 2.64 bits per heavy atom. The van der Waals surface area contributed by atoms with E-state index < -0.39 is 11.7 Å². The van der Waals surface area contributed by atoms with Gasteiger partial charge >= 0.3 is 6.09 Å². The van der Waals surface area contributed by atoms with E-state index in [1.54, 1.807) is 6.08 Å². The first-order chi connectivity index (χ1) is 15.7. The van der Waals surface area contributed by atoms with Crippen molar-refractivity contribution in [2.75, 3.05) is 18.0 Å². The maximum absolute atomic E-state index is 12.3. The zero-order chi connectivity index (χ0) is 23.6. The van der Waals surface area contributed by atoms with Crippen LogP contribution in [-0.4, -0.2) is 48.1 Å². The molecule has 2 N–H and O–H groups in total. The van der Waals surface area contributed by atoms with Gasteiger partial charge in [0, 0.05) is 24.7 Å². The molecule has 3 amide bonds. The van der Waals surface area contributed by atoms with Gasteiger partial charge in [0.15, 0.2) is 0 Å². The van der Waals surface area contributed by atoms with E-state index >= 15 is 0 Å². The average Bonchev–Trinajstić information content (AvgIpc) is 3.00. The van der Waals surface area contributed by atoms with Crippen molar-refractivity contribution in [3.8, 4) is 5.75 Å². The molecular formula is C24H31N3O5S. The molecule has 9 heteroatoms. The number of nitrogens with zero attached hydrogens (tertiary/aromatic N) is 1. The van der Waals surface area contributed by atoms with Crippen LogP contribution in [0.5, 0.6) is 5.75 Å². The molecule has 1 saturated carbocycles. The quantitative estimate of drug-likeness (QED) is 0.611. The Bertz CT molecular complexity index is 967. The van der Waals surface area contributed by atoms with Crippen molar-refractivity contribution in [1.29, 1.82) is 0 Å². The Hall–Kier alpha value is -2.68. The summed E-state index contributed by atoms with van der Waals surface area (Å²) < 4.78 is 11.7. The van der Waals surface area contributed by atoms with E-state index in [0.717, 1.165) is 67.4 Å². The Labute approximate surface area is 198 Å². The molecule has 2 saturated heterocycles. The highest BCUT2D eigenvalue weighted by Gasteiger charge is 2.30. The number of anilines is 1. The van der Waals surface area contributed by atoms with Gasteiger partial charge in [0.2, 0.25) is 0 Å². The number of carbonyl (C=O) groups excluding carboxylic acids is 3. The molecule has 0 spiro atoms. The van der Waals surface area contributed by atoms with E-state index in [4.69, 9.17) is 9.47 Å². The zero-order valence-corrected chi connectivity index (χ0v) is 20.1. The predicted molar refractivity (Wildman–Crippen MR) is 128 cm³/mol. The highest BCUT2D eigenvalue weighted by atomic mass is 32.2. The minimum atomic E-state index is -0.558. The van der Waals surface area contributed by atoms with Crippen molar-refractivity contribution in [3.63, 3.8) is 0 Å². The van der Waals surface area contributed by atoms with Crippen LogP contribution in [0.15, 0.2) is 23.1 Å². The fraction of sp³-hybridized carbons (Fsp3) is 0.542. The summed E-state index contributed by atoms with van der Waals surface area (Å²) in [5.41, 5.74) is 1.15. The van der Waals surface area contributed by atoms with Crippen LogP contribution in [-0.2, 0) is 9.53 Å². The number of imide groups is 1. The Morgan fingerprint density at radius 1 is 1.21 bits per heavy atom. The van der Waals surface area contributed by atoms with Gasteiger partial charge in [-0.2, -0.15) is 0 Å². The number of amides is 3. The van der Waals surface area contributed by atoms with Gasteiger partial charge in [0.1, 0.15) is 11.4 Å². The largest absolute Gasteiger partial charge is 0.488 e. The summed E-state index contributed by atoms with van der Waals surface area (Å²) in [6.07, 6.45) is 6.48. The second kappa shape index (κ2) is 9.67. The van der Waals surface area contributed by atoms with Crippen LogP contribution < -0.4 is 20.3 Å². The number of rotatable bonds is 5. The number of para-hydroxylation sites is 1. The van der Waals surface area contributed by atoms with Crippen molar-refractivity contribution in [2.24, 2.45) is 0 Å². The van der Waals surface area contributed by atoms with Crippen LogP contribution >= 0.6 is 11.8 Å². The summed E-state index contributed by atoms with van der Waals surface area (Å²) in [6, 6.07) is 5.71. The van der Waals surface area contributed by atoms with E-state index in [1.165, 1.54) is 0 Å². The second-order valence-electron chi connectivity index (χ2n) is 9.65. The standard InChI is InChI=1S/C24H31N3O5S/c1-24(2,3)32-22(29)25-16-8-6-12-27(14-16)20-15(13-19-21(28)26-23(30)33-19)7-4-11-18(20)31-17-9-5-10-17/h4,7,11,13,16-17H,5-6,8-10,12,14H2,1-3H3,(H,25,29)(H,26,28,30). The summed E-state index contributed by atoms with van der Waals surface area (Å²) in [7, 11) is 0. The average molecular weight is 474 g/mol. The van der Waals surface area contributed by atoms with E-state index in [1.807, 2.05) is 39.0 Å². The molecule has 1 aliphatic carbocycles. The second-order valence-corrected chi connectivity index (χ2v) is 10.7. The van der Waals surface area contributed by atoms with Crippen LogP contribution in [0.25, 0.3) is 6.08 Å². The molecule has 2 heterocycles. The smallest absolute Gasteiger partial charge is 0.407 e. The first-order valence-electron chi connectivity index (χ1n) is 11.5. The van der Waals surface area contributed by atoms with Gasteiger partial charge in [-0.25, -0.2) is 4.79 Å². The highest BCUT2D eigenvalue weighted by molar-refractivity contribution is 8.18. The molecular weight excluding hydrogens is 442 g/mol. The van der Waals surface area contributed by atoms with E-state index in [0.29, 0.717) is 11.4 Å². The number of alkyl carbamates (subject to hydrolysis) is 1. The summed E-state index contributed by atoms with van der Waals surface area (Å²) in [5.74, 6) is 0.381. The lowest BCUT2D eigenvalue weighted by atomic mass is 9.96. The Kier molecular flexibility index (Phi) is 6.88. The van der Waals surface area contributed by atoms with Gasteiger partial charge in [0.25, 0.3) is 11.1 Å². The normalized spacial score (nSPS) is 22.7. The van der Waals surface area contributed by atoms with Crippen molar-refractivity contribution in [3.05, 3.63) is 28.7 Å². The number of carbonyl (C=O) groups is 3. The van der Waals surface area contributed by atoms with Crippen LogP contribution in [0.4, 0.5) is 15.3 Å². The van der Waals surface area contributed by atoms with Gasteiger partial charge in [-0.1, -0.05) is 12.1 Å². The van der Waals surface area contributed by atoms with Crippen molar-refractivity contribution >= 4 is 40.8 Å². The number of benzene rings is 1. The lowest BCUT2D eigenvalue weighted by Crippen LogP contribution is -2.49. The van der Waals surface area contributed by atoms with Crippen molar-refractivity contribution in [2.45, 2.75) is 70.6 Å². The number of hydrogen-bond donors (Lipinski definition) is 2. The Morgan fingerprint density at radius 2 is 2.00 bits per heavy atom. The third-order valence-electron chi connectivity index (χ3n) is 5.76. The third kappa shape index (κ3) is 6.01. The molecule has 2 aliphatic heterocycles. The molecule has 1 unspecified atom stereocenters. The van der Waals surface area contributed by atoms with Gasteiger partial charge < -0.3 is 19.7 Å². The van der Waals surface area contributed by atoms with Crippen LogP contribution in [0.1, 0.15) is 58.4 Å². The SMILES string of the molecule is CC(C)(C)OC(=O)NC1CCCN(c2c(C=C3SC(=O)NC3=O)cccc2OC2CCC2)C1. The predicted octanol–water partition coefficient (Wildman–Crippen LogP) is 4.44. The zero-order valence-electron chi connectivity index (χ0n) is 19.3. The number of hydrogen-bond acceptors (Lipinski definition) is 7. The molecule has 3 aliphatic rings. The molecule has 0 bridgehead atoms. The highest BCUT2D eigenvalue weighted by Crippen LogP contribution is 2.39. The minimum absolute atomic E-state index is 0.0726. The lowest BCUT2D eigenvalue weighted by Gasteiger charge is -2.37. The van der Waals surface area contributed by atoms with Gasteiger partial charge in [0.05, 0.1) is 16.7 Å². The van der Waals surface area contributed by atoms with E-state index in [2.05, 4.69) is 15.5 Å². The molecule has 0 radical (unpaired) electrons.